The van der Waals surface area contributed by atoms with Crippen LogP contribution in [-0.2, 0) is 13.2 Å². The highest BCUT2D eigenvalue weighted by molar-refractivity contribution is 9.10. The number of benzene rings is 3. The molecular weight excluding hydrogens is 452 g/mol. The molecule has 4 nitrogen and oxygen atoms in total. The van der Waals surface area contributed by atoms with Crippen LogP contribution in [0.15, 0.2) is 77.3 Å². The molecule has 3 aromatic carbocycles. The summed E-state index contributed by atoms with van der Waals surface area (Å²) in [6, 6.07) is 25.4. The number of anilines is 1. The maximum absolute atomic E-state index is 6.08. The molecule has 1 saturated heterocycles. The zero-order valence-electron chi connectivity index (χ0n) is 17.9. The van der Waals surface area contributed by atoms with Gasteiger partial charge >= 0.3 is 0 Å². The number of piperidine rings is 1. The number of ether oxygens (including phenoxy) is 2. The van der Waals surface area contributed by atoms with E-state index in [-0.39, 0.29) is 0 Å². The molecule has 3 aromatic rings. The Hall–Kier alpha value is -2.50. The smallest absolute Gasteiger partial charge is 0.161 e. The van der Waals surface area contributed by atoms with E-state index in [1.54, 1.807) is 7.11 Å². The lowest BCUT2D eigenvalue weighted by atomic mass is 10.0. The van der Waals surface area contributed by atoms with Crippen LogP contribution < -0.4 is 14.8 Å². The van der Waals surface area contributed by atoms with Gasteiger partial charge in [-0.3, -0.25) is 4.90 Å². The first-order chi connectivity index (χ1) is 15.2. The second-order valence-electron chi connectivity index (χ2n) is 7.96. The molecule has 1 heterocycles. The molecule has 1 N–H and O–H groups in total. The van der Waals surface area contributed by atoms with Crippen molar-refractivity contribution < 1.29 is 9.47 Å². The van der Waals surface area contributed by atoms with E-state index < -0.39 is 0 Å². The van der Waals surface area contributed by atoms with Crippen molar-refractivity contribution in [3.8, 4) is 11.5 Å². The van der Waals surface area contributed by atoms with Crippen LogP contribution in [0.2, 0.25) is 0 Å². The fourth-order valence-corrected chi connectivity index (χ4v) is 4.37. The van der Waals surface area contributed by atoms with Gasteiger partial charge < -0.3 is 14.8 Å². The van der Waals surface area contributed by atoms with Crippen molar-refractivity contribution in [1.29, 1.82) is 0 Å². The molecular formula is C26H29BrN2O2. The van der Waals surface area contributed by atoms with E-state index in [2.05, 4.69) is 74.7 Å². The largest absolute Gasteiger partial charge is 0.493 e. The van der Waals surface area contributed by atoms with Crippen LogP contribution >= 0.6 is 15.9 Å². The fraction of sp³-hybridized carbons (Fsp3) is 0.308. The summed E-state index contributed by atoms with van der Waals surface area (Å²) >= 11 is 3.55. The van der Waals surface area contributed by atoms with Gasteiger partial charge in [-0.05, 0) is 54.3 Å². The Morgan fingerprint density at radius 2 is 1.71 bits per heavy atom. The summed E-state index contributed by atoms with van der Waals surface area (Å²) in [5.41, 5.74) is 3.58. The van der Waals surface area contributed by atoms with Gasteiger partial charge in [0.15, 0.2) is 11.5 Å². The van der Waals surface area contributed by atoms with Crippen molar-refractivity contribution in [3.05, 3.63) is 88.4 Å². The third-order valence-corrected chi connectivity index (χ3v) is 6.15. The molecule has 0 bridgehead atoms. The molecule has 0 radical (unpaired) electrons. The minimum atomic E-state index is 0.520. The number of nitrogens with zero attached hydrogens (tertiary/aromatic N) is 1. The zero-order valence-corrected chi connectivity index (χ0v) is 19.5. The van der Waals surface area contributed by atoms with Crippen LogP contribution in [-0.4, -0.2) is 31.1 Å². The van der Waals surface area contributed by atoms with Gasteiger partial charge in [-0.25, -0.2) is 0 Å². The number of halogens is 1. The average Bonchev–Trinajstić information content (AvgIpc) is 2.80. The quantitative estimate of drug-likeness (QED) is 0.421. The zero-order chi connectivity index (χ0) is 21.5. The molecule has 1 fully saturated rings. The third kappa shape index (κ3) is 6.25. The van der Waals surface area contributed by atoms with Gasteiger partial charge in [0.2, 0.25) is 0 Å². The molecule has 1 aliphatic rings. The summed E-state index contributed by atoms with van der Waals surface area (Å²) in [4.78, 5) is 2.52. The standard InChI is InChI=1S/C26H29BrN2O2/c1-30-25-11-10-21(16-26(25)31-19-20-6-3-2-4-7-20)18-29-14-12-23(13-15-29)28-24-9-5-8-22(27)17-24/h2-11,16-17,23,28H,12-15,18-19H2,1H3. The second-order valence-corrected chi connectivity index (χ2v) is 8.88. The topological polar surface area (TPSA) is 33.7 Å². The molecule has 0 aliphatic carbocycles. The number of likely N-dealkylation sites (tertiary alicyclic amines) is 1. The Labute approximate surface area is 193 Å². The molecule has 0 amide bonds. The summed E-state index contributed by atoms with van der Waals surface area (Å²) < 4.78 is 12.7. The third-order valence-electron chi connectivity index (χ3n) is 5.65. The first kappa shape index (κ1) is 21.7. The van der Waals surface area contributed by atoms with Crippen molar-refractivity contribution in [2.45, 2.75) is 32.0 Å². The Morgan fingerprint density at radius 1 is 0.903 bits per heavy atom. The van der Waals surface area contributed by atoms with Gasteiger partial charge in [-0.1, -0.05) is 58.4 Å². The molecule has 162 valence electrons. The molecule has 0 atom stereocenters. The van der Waals surface area contributed by atoms with Crippen molar-refractivity contribution >= 4 is 21.6 Å². The number of hydrogen-bond acceptors (Lipinski definition) is 4. The van der Waals surface area contributed by atoms with Gasteiger partial charge in [0, 0.05) is 35.8 Å². The van der Waals surface area contributed by atoms with Gasteiger partial charge in [0.05, 0.1) is 7.11 Å². The lowest BCUT2D eigenvalue weighted by Gasteiger charge is -2.33. The van der Waals surface area contributed by atoms with E-state index in [9.17, 15) is 0 Å². The monoisotopic (exact) mass is 480 g/mol. The minimum Gasteiger partial charge on any atom is -0.493 e. The Bertz CT molecular complexity index is 972. The molecule has 5 heteroatoms. The molecule has 4 rings (SSSR count). The minimum absolute atomic E-state index is 0.520. The van der Waals surface area contributed by atoms with Crippen LogP contribution in [0.5, 0.6) is 11.5 Å². The molecule has 0 spiro atoms. The maximum atomic E-state index is 6.08. The van der Waals surface area contributed by atoms with E-state index in [0.29, 0.717) is 12.6 Å². The summed E-state index contributed by atoms with van der Waals surface area (Å²) in [6.45, 7) is 3.62. The first-order valence-electron chi connectivity index (χ1n) is 10.8. The normalized spacial score (nSPS) is 14.9. The molecule has 0 saturated carbocycles. The van der Waals surface area contributed by atoms with Gasteiger partial charge in [0.1, 0.15) is 6.61 Å². The fourth-order valence-electron chi connectivity index (χ4n) is 3.98. The highest BCUT2D eigenvalue weighted by Crippen LogP contribution is 2.30. The van der Waals surface area contributed by atoms with Crippen molar-refractivity contribution in [2.75, 3.05) is 25.5 Å². The van der Waals surface area contributed by atoms with E-state index in [0.717, 1.165) is 54.0 Å². The predicted molar refractivity (Wildman–Crippen MR) is 130 cm³/mol. The van der Waals surface area contributed by atoms with E-state index in [1.807, 2.05) is 24.3 Å². The van der Waals surface area contributed by atoms with Crippen LogP contribution in [0.4, 0.5) is 5.69 Å². The van der Waals surface area contributed by atoms with Gasteiger partial charge in [-0.15, -0.1) is 0 Å². The van der Waals surface area contributed by atoms with Crippen LogP contribution in [0.3, 0.4) is 0 Å². The number of methoxy groups -OCH3 is 1. The lowest BCUT2D eigenvalue weighted by molar-refractivity contribution is 0.210. The van der Waals surface area contributed by atoms with E-state index in [4.69, 9.17) is 9.47 Å². The van der Waals surface area contributed by atoms with Gasteiger partial charge in [0.25, 0.3) is 0 Å². The number of hydrogen-bond donors (Lipinski definition) is 1. The Balaban J connectivity index is 1.32. The van der Waals surface area contributed by atoms with E-state index in [1.165, 1.54) is 11.3 Å². The second kappa shape index (κ2) is 10.7. The maximum Gasteiger partial charge on any atom is 0.161 e. The van der Waals surface area contributed by atoms with Crippen LogP contribution in [0.1, 0.15) is 24.0 Å². The molecule has 0 aromatic heterocycles. The Morgan fingerprint density at radius 3 is 2.45 bits per heavy atom. The SMILES string of the molecule is COc1ccc(CN2CCC(Nc3cccc(Br)c3)CC2)cc1OCc1ccccc1. The summed E-state index contributed by atoms with van der Waals surface area (Å²) in [6.07, 6.45) is 2.28. The van der Waals surface area contributed by atoms with Crippen LogP contribution in [0.25, 0.3) is 0 Å². The highest BCUT2D eigenvalue weighted by atomic mass is 79.9. The highest BCUT2D eigenvalue weighted by Gasteiger charge is 2.19. The van der Waals surface area contributed by atoms with Crippen molar-refractivity contribution in [2.24, 2.45) is 0 Å². The summed E-state index contributed by atoms with van der Waals surface area (Å²) in [5.74, 6) is 1.58. The van der Waals surface area contributed by atoms with Gasteiger partial charge in [-0.2, -0.15) is 0 Å². The predicted octanol–water partition coefficient (Wildman–Crippen LogP) is 6.11. The molecule has 31 heavy (non-hydrogen) atoms. The average molecular weight is 481 g/mol. The first-order valence-corrected chi connectivity index (χ1v) is 11.6. The number of nitrogens with one attached hydrogen (secondary N) is 1. The van der Waals surface area contributed by atoms with Crippen molar-refractivity contribution in [1.82, 2.24) is 4.90 Å². The van der Waals surface area contributed by atoms with E-state index >= 15 is 0 Å². The summed E-state index contributed by atoms with van der Waals surface area (Å²) in [5, 5.41) is 3.67. The summed E-state index contributed by atoms with van der Waals surface area (Å²) in [7, 11) is 1.69. The number of rotatable bonds is 8. The van der Waals surface area contributed by atoms with Crippen molar-refractivity contribution in [3.63, 3.8) is 0 Å². The molecule has 1 aliphatic heterocycles. The molecule has 0 unspecified atom stereocenters. The Kier molecular flexibility index (Phi) is 7.49. The van der Waals surface area contributed by atoms with Crippen LogP contribution in [0, 0.1) is 0 Å². The lowest BCUT2D eigenvalue weighted by Crippen LogP contribution is -2.38.